The van der Waals surface area contributed by atoms with Crippen molar-refractivity contribution in [2.24, 2.45) is 5.16 Å². The van der Waals surface area contributed by atoms with Crippen LogP contribution in [-0.2, 0) is 21.8 Å². The van der Waals surface area contributed by atoms with Crippen molar-refractivity contribution in [3.05, 3.63) is 119 Å². The largest absolute Gasteiger partial charge is 0.477 e. The maximum Gasteiger partial charge on any atom is 0.350 e. The maximum absolute atomic E-state index is 10.5. The zero-order chi connectivity index (χ0) is 22.2. The quantitative estimate of drug-likeness (QED) is 0.213. The van der Waals surface area contributed by atoms with Crippen molar-refractivity contribution in [2.45, 2.75) is 12.1 Å². The summed E-state index contributed by atoms with van der Waals surface area (Å²) in [7, 11) is 0. The molecule has 0 amide bonds. The molecule has 0 bridgehead atoms. The van der Waals surface area contributed by atoms with Crippen LogP contribution in [0.5, 0.6) is 0 Å². The fourth-order valence-corrected chi connectivity index (χ4v) is 4.31. The van der Waals surface area contributed by atoms with Gasteiger partial charge in [-0.1, -0.05) is 96.2 Å². The highest BCUT2D eigenvalue weighted by Crippen LogP contribution is 2.40. The number of rotatable bonds is 9. The second-order valence-corrected chi connectivity index (χ2v) is 7.82. The number of hydrogen-bond acceptors (Lipinski definition) is 6. The second kappa shape index (κ2) is 9.89. The van der Waals surface area contributed by atoms with E-state index >= 15 is 0 Å². The average Bonchev–Trinajstić information content (AvgIpc) is 3.29. The minimum Gasteiger partial charge on any atom is -0.477 e. The second-order valence-electron chi connectivity index (χ2n) is 6.96. The molecule has 0 aliphatic heterocycles. The van der Waals surface area contributed by atoms with Crippen LogP contribution in [-0.4, -0.2) is 22.3 Å². The highest BCUT2D eigenvalue weighted by Gasteiger charge is 2.37. The van der Waals surface area contributed by atoms with E-state index in [1.807, 2.05) is 60.0 Å². The minimum absolute atomic E-state index is 0.0803. The average molecular weight is 444 g/mol. The van der Waals surface area contributed by atoms with Gasteiger partial charge in [-0.25, -0.2) is 9.78 Å². The Morgan fingerprint density at radius 3 is 1.91 bits per heavy atom. The molecule has 0 aliphatic carbocycles. The van der Waals surface area contributed by atoms with Crippen LogP contribution < -0.4 is 5.32 Å². The van der Waals surface area contributed by atoms with Gasteiger partial charge in [0, 0.05) is 5.38 Å². The van der Waals surface area contributed by atoms with Crippen molar-refractivity contribution in [3.8, 4) is 0 Å². The highest BCUT2D eigenvalue weighted by atomic mass is 32.1. The standard InChI is InChI=1S/C25H21N3O3S/c29-23(30)16-26-31-17-22-18-32-24(27-22)28-25(19-10-4-1-5-11-19,20-12-6-2-7-13-20)21-14-8-3-9-15-21/h1-16,18H,17H2,(H,27,28)(H,29,30). The Bertz CT molecular complexity index is 1080. The predicted molar refractivity (Wildman–Crippen MR) is 126 cm³/mol. The van der Waals surface area contributed by atoms with Crippen LogP contribution in [0.15, 0.2) is 102 Å². The number of benzene rings is 3. The number of aliphatic carboxylic acids is 1. The molecule has 0 fully saturated rings. The number of thiazole rings is 1. The van der Waals surface area contributed by atoms with Crippen molar-refractivity contribution in [2.75, 3.05) is 5.32 Å². The van der Waals surface area contributed by atoms with E-state index in [2.05, 4.69) is 51.9 Å². The first-order valence-corrected chi connectivity index (χ1v) is 10.8. The number of hydrogen-bond donors (Lipinski definition) is 2. The Balaban J connectivity index is 1.75. The van der Waals surface area contributed by atoms with Gasteiger partial charge in [-0.3, -0.25) is 0 Å². The summed E-state index contributed by atoms with van der Waals surface area (Å²) >= 11 is 1.45. The molecule has 7 heteroatoms. The number of oxime groups is 1. The summed E-state index contributed by atoms with van der Waals surface area (Å²) in [4.78, 5) is 20.2. The lowest BCUT2D eigenvalue weighted by molar-refractivity contribution is -0.129. The van der Waals surface area contributed by atoms with E-state index in [9.17, 15) is 4.79 Å². The topological polar surface area (TPSA) is 83.8 Å². The molecular formula is C25H21N3O3S. The number of nitrogens with one attached hydrogen (secondary N) is 1. The van der Waals surface area contributed by atoms with Crippen LogP contribution in [0.4, 0.5) is 5.13 Å². The number of carboxylic acids is 1. The molecule has 1 aromatic heterocycles. The molecule has 0 atom stereocenters. The van der Waals surface area contributed by atoms with Gasteiger partial charge in [0.25, 0.3) is 0 Å². The van der Waals surface area contributed by atoms with Gasteiger partial charge in [0.1, 0.15) is 5.54 Å². The van der Waals surface area contributed by atoms with Crippen molar-refractivity contribution in [1.29, 1.82) is 0 Å². The molecule has 0 spiro atoms. The van der Waals surface area contributed by atoms with Crippen molar-refractivity contribution >= 4 is 28.7 Å². The molecule has 0 aliphatic rings. The Labute approximate surface area is 189 Å². The summed E-state index contributed by atoms with van der Waals surface area (Å²) in [6.07, 6.45) is 0.705. The van der Waals surface area contributed by atoms with Gasteiger partial charge < -0.3 is 15.3 Å². The lowest BCUT2D eigenvalue weighted by Gasteiger charge is -2.36. The van der Waals surface area contributed by atoms with Crippen molar-refractivity contribution in [3.63, 3.8) is 0 Å². The first-order chi connectivity index (χ1) is 15.7. The van der Waals surface area contributed by atoms with Crippen LogP contribution in [0.25, 0.3) is 0 Å². The Kier molecular flexibility index (Phi) is 6.57. The van der Waals surface area contributed by atoms with Crippen LogP contribution in [0.1, 0.15) is 22.4 Å². The molecule has 0 saturated heterocycles. The van der Waals surface area contributed by atoms with Crippen LogP contribution in [0.3, 0.4) is 0 Å². The molecule has 0 saturated carbocycles. The Morgan fingerprint density at radius 2 is 1.44 bits per heavy atom. The summed E-state index contributed by atoms with van der Waals surface area (Å²) in [6.45, 7) is 0.0803. The molecule has 3 aromatic carbocycles. The molecular weight excluding hydrogens is 422 g/mol. The third-order valence-electron chi connectivity index (χ3n) is 4.92. The summed E-state index contributed by atoms with van der Waals surface area (Å²) in [5.74, 6) is -1.16. The smallest absolute Gasteiger partial charge is 0.350 e. The Morgan fingerprint density at radius 1 is 0.938 bits per heavy atom. The zero-order valence-corrected chi connectivity index (χ0v) is 17.9. The van der Waals surface area contributed by atoms with Crippen molar-refractivity contribution in [1.82, 2.24) is 4.98 Å². The first kappa shape index (κ1) is 21.3. The monoisotopic (exact) mass is 443 g/mol. The highest BCUT2D eigenvalue weighted by molar-refractivity contribution is 7.13. The molecule has 4 aromatic rings. The fraction of sp³-hybridized carbons (Fsp3) is 0.0800. The number of anilines is 1. The zero-order valence-electron chi connectivity index (χ0n) is 17.1. The van der Waals surface area contributed by atoms with Gasteiger partial charge >= 0.3 is 5.97 Å². The first-order valence-electron chi connectivity index (χ1n) is 9.96. The number of carbonyl (C=O) groups is 1. The number of nitrogens with zero attached hydrogens (tertiary/aromatic N) is 2. The molecule has 160 valence electrons. The SMILES string of the molecule is O=C(O)C=NOCc1csc(NC(c2ccccc2)(c2ccccc2)c2ccccc2)n1. The molecule has 6 nitrogen and oxygen atoms in total. The van der Waals surface area contributed by atoms with Crippen LogP contribution >= 0.6 is 11.3 Å². The fourth-order valence-electron chi connectivity index (χ4n) is 3.56. The van der Waals surface area contributed by atoms with Crippen LogP contribution in [0.2, 0.25) is 0 Å². The summed E-state index contributed by atoms with van der Waals surface area (Å²) < 4.78 is 0. The predicted octanol–water partition coefficient (Wildman–Crippen LogP) is 5.13. The maximum atomic E-state index is 10.5. The molecule has 0 unspecified atom stereocenters. The molecule has 1 heterocycles. The van der Waals surface area contributed by atoms with E-state index in [0.717, 1.165) is 16.7 Å². The number of aromatic nitrogens is 1. The Hall–Kier alpha value is -3.97. The van der Waals surface area contributed by atoms with Gasteiger partial charge in [-0.2, -0.15) is 0 Å². The van der Waals surface area contributed by atoms with Crippen molar-refractivity contribution < 1.29 is 14.7 Å². The van der Waals surface area contributed by atoms with E-state index in [-0.39, 0.29) is 6.61 Å². The van der Waals surface area contributed by atoms with Gasteiger partial charge in [0.05, 0.1) is 5.69 Å². The van der Waals surface area contributed by atoms with Crippen LogP contribution in [0, 0.1) is 0 Å². The lowest BCUT2D eigenvalue weighted by Crippen LogP contribution is -2.38. The summed E-state index contributed by atoms with van der Waals surface area (Å²) in [5, 5.41) is 18.3. The van der Waals surface area contributed by atoms with E-state index in [4.69, 9.17) is 9.94 Å². The van der Waals surface area contributed by atoms with Gasteiger partial charge in [-0.05, 0) is 16.7 Å². The normalized spacial score (nSPS) is 11.4. The summed E-state index contributed by atoms with van der Waals surface area (Å²) in [5.41, 5.74) is 3.23. The number of carboxylic acid groups (broad SMARTS) is 1. The minimum atomic E-state index is -1.16. The third kappa shape index (κ3) is 4.68. The van der Waals surface area contributed by atoms with Gasteiger partial charge in [0.15, 0.2) is 18.0 Å². The van der Waals surface area contributed by atoms with Gasteiger partial charge in [0.2, 0.25) is 0 Å². The molecule has 4 rings (SSSR count). The van der Waals surface area contributed by atoms with E-state index in [0.29, 0.717) is 17.0 Å². The summed E-state index contributed by atoms with van der Waals surface area (Å²) in [6, 6.07) is 30.8. The molecule has 32 heavy (non-hydrogen) atoms. The molecule has 2 N–H and O–H groups in total. The molecule has 0 radical (unpaired) electrons. The van der Waals surface area contributed by atoms with E-state index in [1.54, 1.807) is 0 Å². The lowest BCUT2D eigenvalue weighted by atomic mass is 9.77. The third-order valence-corrected chi connectivity index (χ3v) is 5.72. The van der Waals surface area contributed by atoms with E-state index in [1.165, 1.54) is 11.3 Å². The van der Waals surface area contributed by atoms with Gasteiger partial charge in [-0.15, -0.1) is 11.3 Å². The van der Waals surface area contributed by atoms with E-state index < -0.39 is 11.5 Å².